The summed E-state index contributed by atoms with van der Waals surface area (Å²) < 4.78 is 23.9. The van der Waals surface area contributed by atoms with E-state index in [0.717, 1.165) is 103 Å². The summed E-state index contributed by atoms with van der Waals surface area (Å²) in [4.78, 5) is 23.5. The summed E-state index contributed by atoms with van der Waals surface area (Å²) in [5.74, 6) is -0.184. The van der Waals surface area contributed by atoms with Crippen LogP contribution in [0.4, 0.5) is 0 Å². The maximum Gasteiger partial charge on any atom is 0.472 e. The Kier molecular flexibility index (Phi) is 68.8. The van der Waals surface area contributed by atoms with E-state index in [1.807, 2.05) is 27.2 Å². The smallest absolute Gasteiger partial charge is 0.387 e. The second kappa shape index (κ2) is 71.2. The van der Waals surface area contributed by atoms with Crippen molar-refractivity contribution in [2.45, 2.75) is 353 Å². The number of phosphoric ester groups is 1. The minimum atomic E-state index is -4.37. The van der Waals surface area contributed by atoms with Crippen molar-refractivity contribution in [1.82, 2.24) is 5.32 Å². The molecule has 0 rings (SSSR count). The number of nitrogens with one attached hydrogen (secondary N) is 1. The molecule has 0 aliphatic heterocycles. The molecule has 9 heteroatoms. The van der Waals surface area contributed by atoms with Crippen molar-refractivity contribution in [2.24, 2.45) is 0 Å². The Balaban J connectivity index is 4.09. The first-order valence-electron chi connectivity index (χ1n) is 38.4. The molecule has 0 aliphatic carbocycles. The Labute approximate surface area is 564 Å². The summed E-state index contributed by atoms with van der Waals surface area (Å²) in [5.41, 5.74) is 0. The number of nitrogens with zero attached hydrogens (tertiary/aromatic N) is 1. The number of phosphoric acid groups is 1. The van der Waals surface area contributed by atoms with Gasteiger partial charge in [-0.25, -0.2) is 4.57 Å². The first kappa shape index (κ1) is 87.9. The SMILES string of the molecule is CC/C=C\C/C=C\C/C=C\C/C=C\C/C=C\C/C=C\C/C=C\C/C=C\C/C=C\CCCCCCCCCCCC(=O)NC(COP(=O)(O)OCC[N+](C)(C)C)C(O)/C=C/CCCCCCCCCCCCCCCCCCCCCCCCCCCCCCCC. The number of hydrogen-bond donors (Lipinski definition) is 3. The van der Waals surface area contributed by atoms with E-state index in [1.54, 1.807) is 6.08 Å². The van der Waals surface area contributed by atoms with Gasteiger partial charge in [0.05, 0.1) is 39.9 Å². The van der Waals surface area contributed by atoms with Crippen LogP contribution < -0.4 is 5.32 Å². The van der Waals surface area contributed by atoms with E-state index in [0.29, 0.717) is 17.4 Å². The van der Waals surface area contributed by atoms with Gasteiger partial charge in [-0.15, -0.1) is 0 Å². The molecule has 3 unspecified atom stereocenters. The van der Waals surface area contributed by atoms with Gasteiger partial charge in [0.15, 0.2) is 0 Å². The molecule has 1 amide bonds. The Bertz CT molecular complexity index is 1900. The number of quaternary nitrogens is 1. The molecule has 0 aromatic rings. The molecule has 526 valence electrons. The van der Waals surface area contributed by atoms with Gasteiger partial charge in [0.1, 0.15) is 13.2 Å². The molecule has 0 aliphatic rings. The summed E-state index contributed by atoms with van der Waals surface area (Å²) in [6, 6.07) is -0.861. The number of unbranched alkanes of at least 4 members (excludes halogenated alkanes) is 39. The highest BCUT2D eigenvalue weighted by atomic mass is 31.2. The Morgan fingerprint density at radius 3 is 0.967 bits per heavy atom. The van der Waals surface area contributed by atoms with E-state index in [4.69, 9.17) is 9.05 Å². The van der Waals surface area contributed by atoms with E-state index in [2.05, 4.69) is 129 Å². The van der Waals surface area contributed by atoms with Crippen LogP contribution in [-0.2, 0) is 18.4 Å². The van der Waals surface area contributed by atoms with Crippen molar-refractivity contribution in [3.63, 3.8) is 0 Å². The Morgan fingerprint density at radius 1 is 0.385 bits per heavy atom. The number of hydrogen-bond acceptors (Lipinski definition) is 5. The summed E-state index contributed by atoms with van der Waals surface area (Å²) in [5, 5.41) is 14.0. The molecule has 0 bridgehead atoms. The largest absolute Gasteiger partial charge is 0.472 e. The molecule has 3 N–H and O–H groups in total. The highest BCUT2D eigenvalue weighted by molar-refractivity contribution is 7.47. The van der Waals surface area contributed by atoms with Gasteiger partial charge in [-0.3, -0.25) is 13.8 Å². The van der Waals surface area contributed by atoms with E-state index in [-0.39, 0.29) is 19.1 Å². The minimum Gasteiger partial charge on any atom is -0.387 e. The van der Waals surface area contributed by atoms with E-state index in [9.17, 15) is 19.4 Å². The molecule has 0 aromatic heterocycles. The zero-order valence-electron chi connectivity index (χ0n) is 60.3. The van der Waals surface area contributed by atoms with Crippen molar-refractivity contribution in [3.8, 4) is 0 Å². The van der Waals surface area contributed by atoms with Crippen molar-refractivity contribution in [1.29, 1.82) is 0 Å². The van der Waals surface area contributed by atoms with Gasteiger partial charge < -0.3 is 19.8 Å². The zero-order chi connectivity index (χ0) is 66.2. The lowest BCUT2D eigenvalue weighted by atomic mass is 10.0. The average molecular weight is 1290 g/mol. The molecule has 0 heterocycles. The molecular weight excluding hydrogens is 1140 g/mol. The predicted octanol–water partition coefficient (Wildman–Crippen LogP) is 25.2. The molecule has 0 saturated heterocycles. The van der Waals surface area contributed by atoms with Gasteiger partial charge in [-0.05, 0) is 89.9 Å². The Hall–Kier alpha value is -3.10. The summed E-state index contributed by atoms with van der Waals surface area (Å²) in [7, 11) is 1.56. The summed E-state index contributed by atoms with van der Waals surface area (Å²) in [6.07, 6.45) is 107. The molecule has 0 fully saturated rings. The molecule has 0 spiro atoms. The normalized spacial score (nSPS) is 14.2. The summed E-state index contributed by atoms with van der Waals surface area (Å²) >= 11 is 0. The predicted molar refractivity (Wildman–Crippen MR) is 401 cm³/mol. The zero-order valence-corrected chi connectivity index (χ0v) is 61.2. The maximum absolute atomic E-state index is 13.1. The van der Waals surface area contributed by atoms with Gasteiger partial charge in [-0.1, -0.05) is 367 Å². The van der Waals surface area contributed by atoms with Crippen LogP contribution >= 0.6 is 7.82 Å². The lowest BCUT2D eigenvalue weighted by molar-refractivity contribution is -0.870. The van der Waals surface area contributed by atoms with Gasteiger partial charge in [-0.2, -0.15) is 0 Å². The fourth-order valence-electron chi connectivity index (χ4n) is 11.0. The monoisotopic (exact) mass is 1290 g/mol. The van der Waals surface area contributed by atoms with Crippen LogP contribution in [0.15, 0.2) is 122 Å². The molecular formula is C82H148N2O6P+. The van der Waals surface area contributed by atoms with Crippen LogP contribution in [0.1, 0.15) is 341 Å². The standard InChI is InChI=1S/C82H147N2O6P/c1-6-8-10-12-14-16-18-20-22-24-26-28-30-32-34-36-38-40-41-42-43-44-46-48-50-52-54-56-58-60-62-64-66-68-70-72-74-76-82(86)83-80(79-90-91(87,88)89-78-77-84(3,4)5)81(85)75-73-71-69-67-65-63-61-59-57-55-53-51-49-47-45-39-37-35-33-31-29-27-25-23-21-19-17-15-13-11-9-7-2/h8,10,14,16,20,22,26,28,32,34,38,40,42-43,46,48,52,54,73,75,80-81,85H,6-7,9,11-13,15,17-19,21,23-25,27,29-31,33,35-37,39,41,44-45,47,49-51,53,55-72,74,76-79H2,1-5H3,(H-,83,86,87,88)/p+1/b10-8-,16-14-,22-20-,28-26-,34-32-,40-38-,43-42-,48-46-,54-52-,75-73+. The third-order valence-corrected chi connectivity index (χ3v) is 17.9. The molecule has 91 heavy (non-hydrogen) atoms. The van der Waals surface area contributed by atoms with Gasteiger partial charge >= 0.3 is 7.82 Å². The van der Waals surface area contributed by atoms with Gasteiger partial charge in [0.25, 0.3) is 0 Å². The number of allylic oxidation sites excluding steroid dienone is 19. The molecule has 0 radical (unpaired) electrons. The third-order valence-electron chi connectivity index (χ3n) is 16.9. The highest BCUT2D eigenvalue weighted by Gasteiger charge is 2.28. The van der Waals surface area contributed by atoms with Crippen LogP contribution in [0, 0.1) is 0 Å². The average Bonchev–Trinajstić information content (AvgIpc) is 3.42. The quantitative estimate of drug-likeness (QED) is 0.0243. The van der Waals surface area contributed by atoms with E-state index < -0.39 is 20.0 Å². The van der Waals surface area contributed by atoms with Crippen molar-refractivity contribution >= 4 is 13.7 Å². The number of carbonyl (C=O) groups is 1. The van der Waals surface area contributed by atoms with Crippen LogP contribution in [-0.4, -0.2) is 73.4 Å². The van der Waals surface area contributed by atoms with Crippen LogP contribution in [0.2, 0.25) is 0 Å². The first-order chi connectivity index (χ1) is 44.5. The van der Waals surface area contributed by atoms with Crippen molar-refractivity contribution in [2.75, 3.05) is 40.9 Å². The fourth-order valence-corrected chi connectivity index (χ4v) is 11.8. The number of carbonyl (C=O) groups excluding carboxylic acids is 1. The lowest BCUT2D eigenvalue weighted by Gasteiger charge is -2.25. The highest BCUT2D eigenvalue weighted by Crippen LogP contribution is 2.43. The summed E-state index contributed by atoms with van der Waals surface area (Å²) in [6.45, 7) is 4.73. The maximum atomic E-state index is 13.1. The van der Waals surface area contributed by atoms with Crippen LogP contribution in [0.5, 0.6) is 0 Å². The first-order valence-corrected chi connectivity index (χ1v) is 39.9. The lowest BCUT2D eigenvalue weighted by Crippen LogP contribution is -2.45. The van der Waals surface area contributed by atoms with Gasteiger partial charge in [0.2, 0.25) is 5.91 Å². The van der Waals surface area contributed by atoms with Crippen LogP contribution in [0.25, 0.3) is 0 Å². The number of rotatable bonds is 70. The minimum absolute atomic E-state index is 0.0554. The number of aliphatic hydroxyl groups is 1. The molecule has 8 nitrogen and oxygen atoms in total. The van der Waals surface area contributed by atoms with Crippen LogP contribution in [0.3, 0.4) is 0 Å². The molecule has 0 saturated carbocycles. The number of likely N-dealkylation sites (N-methyl/N-ethyl adjacent to an activating group) is 1. The van der Waals surface area contributed by atoms with Gasteiger partial charge in [0, 0.05) is 6.42 Å². The molecule has 0 aromatic carbocycles. The van der Waals surface area contributed by atoms with Crippen molar-refractivity contribution < 1.29 is 32.9 Å². The van der Waals surface area contributed by atoms with Crippen molar-refractivity contribution in [3.05, 3.63) is 122 Å². The third kappa shape index (κ3) is 74.2. The number of aliphatic hydroxyl groups excluding tert-OH is 1. The second-order valence-corrected chi connectivity index (χ2v) is 28.5. The second-order valence-electron chi connectivity index (χ2n) is 27.0. The topological polar surface area (TPSA) is 105 Å². The fraction of sp³-hybridized carbons (Fsp3) is 0.744. The Morgan fingerprint density at radius 2 is 0.659 bits per heavy atom. The van der Waals surface area contributed by atoms with E-state index >= 15 is 0 Å². The van der Waals surface area contributed by atoms with E-state index in [1.165, 1.54) is 218 Å². The number of amides is 1. The molecule has 3 atom stereocenters.